The van der Waals surface area contributed by atoms with E-state index in [1.54, 1.807) is 19.5 Å². The lowest BCUT2D eigenvalue weighted by atomic mass is 10.1. The van der Waals surface area contributed by atoms with Crippen LogP contribution >= 0.6 is 0 Å². The van der Waals surface area contributed by atoms with E-state index >= 15 is 0 Å². The number of amides is 1. The Morgan fingerprint density at radius 2 is 1.92 bits per heavy atom. The summed E-state index contributed by atoms with van der Waals surface area (Å²) in [5.74, 6) is 1.37. The average molecular weight is 341 g/mol. The first-order valence-corrected chi connectivity index (χ1v) is 8.68. The number of pyridine rings is 1. The van der Waals surface area contributed by atoms with Crippen molar-refractivity contribution in [3.8, 4) is 5.75 Å². The number of rotatable bonds is 9. The second-order valence-corrected chi connectivity index (χ2v) is 6.43. The van der Waals surface area contributed by atoms with E-state index in [9.17, 15) is 4.79 Å². The molecule has 0 unspecified atom stereocenters. The maximum absolute atomic E-state index is 12.3. The van der Waals surface area contributed by atoms with Crippen LogP contribution in [0.15, 0.2) is 42.7 Å². The van der Waals surface area contributed by atoms with Gasteiger partial charge in [0.2, 0.25) is 0 Å². The van der Waals surface area contributed by atoms with Crippen molar-refractivity contribution in [1.82, 2.24) is 10.3 Å². The Morgan fingerprint density at radius 1 is 1.16 bits per heavy atom. The molecule has 25 heavy (non-hydrogen) atoms. The summed E-state index contributed by atoms with van der Waals surface area (Å²) >= 11 is 0. The zero-order valence-electron chi connectivity index (χ0n) is 15.2. The van der Waals surface area contributed by atoms with E-state index in [-0.39, 0.29) is 5.91 Å². The maximum atomic E-state index is 12.3. The quantitative estimate of drug-likeness (QED) is 0.732. The van der Waals surface area contributed by atoms with Crippen molar-refractivity contribution in [3.63, 3.8) is 0 Å². The molecule has 2 rings (SSSR count). The summed E-state index contributed by atoms with van der Waals surface area (Å²) < 4.78 is 5.14. The largest absolute Gasteiger partial charge is 0.497 e. The fourth-order valence-electron chi connectivity index (χ4n) is 2.38. The number of carbonyl (C=O) groups is 1. The van der Waals surface area contributed by atoms with Gasteiger partial charge in [-0.2, -0.15) is 0 Å². The van der Waals surface area contributed by atoms with E-state index < -0.39 is 0 Å². The normalized spacial score (nSPS) is 10.6. The molecule has 0 atom stereocenters. The average Bonchev–Trinajstić information content (AvgIpc) is 2.62. The number of nitrogens with one attached hydrogen (secondary N) is 2. The Hall–Kier alpha value is -2.56. The van der Waals surface area contributed by atoms with E-state index in [0.717, 1.165) is 36.4 Å². The molecule has 0 saturated heterocycles. The zero-order chi connectivity index (χ0) is 18.1. The topological polar surface area (TPSA) is 63.2 Å². The minimum atomic E-state index is -0.103. The second-order valence-electron chi connectivity index (χ2n) is 6.43. The predicted molar refractivity (Wildman–Crippen MR) is 101 cm³/mol. The molecule has 5 heteroatoms. The van der Waals surface area contributed by atoms with Crippen molar-refractivity contribution in [2.24, 2.45) is 5.92 Å². The van der Waals surface area contributed by atoms with Crippen LogP contribution in [0.1, 0.15) is 36.2 Å². The van der Waals surface area contributed by atoms with E-state index in [0.29, 0.717) is 18.0 Å². The van der Waals surface area contributed by atoms with Crippen LogP contribution in [-0.2, 0) is 6.42 Å². The molecule has 5 nitrogen and oxygen atoms in total. The molecule has 0 saturated carbocycles. The summed E-state index contributed by atoms with van der Waals surface area (Å²) in [6, 6.07) is 9.70. The lowest BCUT2D eigenvalue weighted by Crippen LogP contribution is -2.25. The van der Waals surface area contributed by atoms with Gasteiger partial charge in [0.05, 0.1) is 18.4 Å². The summed E-state index contributed by atoms with van der Waals surface area (Å²) in [7, 11) is 1.65. The summed E-state index contributed by atoms with van der Waals surface area (Å²) in [6.07, 6.45) is 5.19. The Kier molecular flexibility index (Phi) is 7.26. The van der Waals surface area contributed by atoms with Crippen molar-refractivity contribution in [2.75, 3.05) is 25.5 Å². The molecule has 1 heterocycles. The summed E-state index contributed by atoms with van der Waals surface area (Å²) in [6.45, 7) is 5.83. The SMILES string of the molecule is COc1ccc(CCNC(=O)c2cncc(NCCC(C)C)c2)cc1. The van der Waals surface area contributed by atoms with Crippen LogP contribution in [0.5, 0.6) is 5.75 Å². The molecule has 0 bridgehead atoms. The first-order chi connectivity index (χ1) is 12.1. The molecule has 0 aliphatic rings. The standard InChI is InChI=1S/C20H27N3O2/c1-15(2)8-10-22-18-12-17(13-21-14-18)20(24)23-11-9-16-4-6-19(25-3)7-5-16/h4-7,12-15,22H,8-11H2,1-3H3,(H,23,24). The molecule has 0 fully saturated rings. The van der Waals surface area contributed by atoms with Crippen molar-refractivity contribution in [3.05, 3.63) is 53.9 Å². The molecule has 0 aliphatic carbocycles. The lowest BCUT2D eigenvalue weighted by Gasteiger charge is -2.10. The molecule has 0 aliphatic heterocycles. The van der Waals surface area contributed by atoms with Gasteiger partial charge in [-0.3, -0.25) is 9.78 Å². The number of ether oxygens (including phenoxy) is 1. The molecule has 1 aromatic heterocycles. The van der Waals surface area contributed by atoms with Gasteiger partial charge in [-0.1, -0.05) is 26.0 Å². The fourth-order valence-corrected chi connectivity index (χ4v) is 2.38. The third kappa shape index (κ3) is 6.45. The van der Waals surface area contributed by atoms with Crippen molar-refractivity contribution in [1.29, 1.82) is 0 Å². The van der Waals surface area contributed by atoms with Crippen molar-refractivity contribution >= 4 is 11.6 Å². The van der Waals surface area contributed by atoms with E-state index in [1.165, 1.54) is 0 Å². The first kappa shape index (κ1) is 18.8. The maximum Gasteiger partial charge on any atom is 0.252 e. The molecule has 134 valence electrons. The van der Waals surface area contributed by atoms with Gasteiger partial charge in [-0.05, 0) is 42.5 Å². The van der Waals surface area contributed by atoms with Gasteiger partial charge in [-0.15, -0.1) is 0 Å². The minimum absolute atomic E-state index is 0.103. The summed E-state index contributed by atoms with van der Waals surface area (Å²) in [5.41, 5.74) is 2.61. The molecule has 0 spiro atoms. The Labute approximate surface area is 149 Å². The Balaban J connectivity index is 1.81. The highest BCUT2D eigenvalue weighted by atomic mass is 16.5. The number of nitrogens with zero attached hydrogens (tertiary/aromatic N) is 1. The number of benzene rings is 1. The molecule has 1 amide bonds. The highest BCUT2D eigenvalue weighted by Gasteiger charge is 2.07. The highest BCUT2D eigenvalue weighted by Crippen LogP contribution is 2.12. The van der Waals surface area contributed by atoms with E-state index in [1.807, 2.05) is 30.3 Å². The minimum Gasteiger partial charge on any atom is -0.497 e. The van der Waals surface area contributed by atoms with Gasteiger partial charge >= 0.3 is 0 Å². The van der Waals surface area contributed by atoms with Crippen LogP contribution < -0.4 is 15.4 Å². The van der Waals surface area contributed by atoms with Gasteiger partial charge in [0, 0.05) is 25.5 Å². The van der Waals surface area contributed by atoms with Crippen molar-refractivity contribution in [2.45, 2.75) is 26.7 Å². The zero-order valence-corrected chi connectivity index (χ0v) is 15.2. The van der Waals surface area contributed by atoms with Gasteiger partial charge in [0.1, 0.15) is 5.75 Å². The number of hydrogen-bond donors (Lipinski definition) is 2. The molecule has 1 aromatic carbocycles. The third-order valence-corrected chi connectivity index (χ3v) is 3.91. The number of carbonyl (C=O) groups excluding carboxylic acids is 1. The predicted octanol–water partition coefficient (Wildman–Crippen LogP) is 3.52. The van der Waals surface area contributed by atoms with Crippen LogP contribution in [0, 0.1) is 5.92 Å². The van der Waals surface area contributed by atoms with Gasteiger partial charge < -0.3 is 15.4 Å². The summed E-state index contributed by atoms with van der Waals surface area (Å²) in [4.78, 5) is 16.4. The number of methoxy groups -OCH3 is 1. The molecule has 2 N–H and O–H groups in total. The monoisotopic (exact) mass is 341 g/mol. The number of hydrogen-bond acceptors (Lipinski definition) is 4. The third-order valence-electron chi connectivity index (χ3n) is 3.91. The molecule has 0 radical (unpaired) electrons. The van der Waals surface area contributed by atoms with Gasteiger partial charge in [0.15, 0.2) is 0 Å². The van der Waals surface area contributed by atoms with Crippen LogP contribution in [-0.4, -0.2) is 31.1 Å². The fraction of sp³-hybridized carbons (Fsp3) is 0.400. The first-order valence-electron chi connectivity index (χ1n) is 8.68. The van der Waals surface area contributed by atoms with E-state index in [4.69, 9.17) is 4.74 Å². The number of anilines is 1. The van der Waals surface area contributed by atoms with Gasteiger partial charge in [0.25, 0.3) is 5.91 Å². The number of aromatic nitrogens is 1. The van der Waals surface area contributed by atoms with Crippen LogP contribution in [0.3, 0.4) is 0 Å². The van der Waals surface area contributed by atoms with Gasteiger partial charge in [-0.25, -0.2) is 0 Å². The molecular formula is C20H27N3O2. The van der Waals surface area contributed by atoms with Crippen LogP contribution in [0.2, 0.25) is 0 Å². The molecular weight excluding hydrogens is 314 g/mol. The second kappa shape index (κ2) is 9.67. The highest BCUT2D eigenvalue weighted by molar-refractivity contribution is 5.94. The lowest BCUT2D eigenvalue weighted by molar-refractivity contribution is 0.0954. The Morgan fingerprint density at radius 3 is 2.60 bits per heavy atom. The van der Waals surface area contributed by atoms with E-state index in [2.05, 4.69) is 29.5 Å². The summed E-state index contributed by atoms with van der Waals surface area (Å²) in [5, 5.41) is 6.25. The molecule has 2 aromatic rings. The van der Waals surface area contributed by atoms with Crippen LogP contribution in [0.4, 0.5) is 5.69 Å². The van der Waals surface area contributed by atoms with Crippen molar-refractivity contribution < 1.29 is 9.53 Å². The Bertz CT molecular complexity index is 669. The van der Waals surface area contributed by atoms with Crippen LogP contribution in [0.25, 0.3) is 0 Å². The smallest absolute Gasteiger partial charge is 0.252 e.